The maximum Gasteiger partial charge on any atom is 0.271 e. The summed E-state index contributed by atoms with van der Waals surface area (Å²) in [4.78, 5) is 11.9. The summed E-state index contributed by atoms with van der Waals surface area (Å²) < 4.78 is 5.69. The molecule has 0 radical (unpaired) electrons. The molecule has 0 heterocycles. The Balaban J connectivity index is 1.77. The van der Waals surface area contributed by atoms with Crippen LogP contribution in [0, 0.1) is 0 Å². The van der Waals surface area contributed by atoms with Crippen LogP contribution < -0.4 is 15.9 Å². The number of unbranched alkanes of at least 4 members (excludes halogenated alkanes) is 3. The molecule has 0 fully saturated rings. The lowest BCUT2D eigenvalue weighted by Gasteiger charge is -2.06. The van der Waals surface area contributed by atoms with Gasteiger partial charge in [-0.2, -0.15) is 5.10 Å². The molecule has 2 aromatic rings. The number of carbonyl (C=O) groups is 1. The highest BCUT2D eigenvalue weighted by Gasteiger charge is 2.02. The first-order valence-corrected chi connectivity index (χ1v) is 8.61. The van der Waals surface area contributed by atoms with Crippen molar-refractivity contribution in [2.75, 3.05) is 12.3 Å². The van der Waals surface area contributed by atoms with Crippen LogP contribution in [-0.4, -0.2) is 18.7 Å². The number of hydrogen-bond acceptors (Lipinski definition) is 4. The molecular weight excluding hydrogens is 314 g/mol. The van der Waals surface area contributed by atoms with Gasteiger partial charge in [0.2, 0.25) is 0 Å². The monoisotopic (exact) mass is 339 g/mol. The number of carbonyl (C=O) groups excluding carboxylic acids is 1. The zero-order valence-electron chi connectivity index (χ0n) is 14.6. The van der Waals surface area contributed by atoms with Gasteiger partial charge in [0.25, 0.3) is 5.91 Å². The summed E-state index contributed by atoms with van der Waals surface area (Å²) in [6.07, 6.45) is 6.35. The van der Waals surface area contributed by atoms with Crippen LogP contribution in [0.1, 0.15) is 48.5 Å². The van der Waals surface area contributed by atoms with E-state index in [-0.39, 0.29) is 5.91 Å². The number of benzene rings is 2. The molecule has 0 atom stereocenters. The molecule has 0 saturated carbocycles. The van der Waals surface area contributed by atoms with E-state index in [2.05, 4.69) is 17.5 Å². The van der Waals surface area contributed by atoms with E-state index in [0.717, 1.165) is 24.3 Å². The predicted octanol–water partition coefficient (Wildman–Crippen LogP) is 3.99. The molecule has 1 amide bonds. The van der Waals surface area contributed by atoms with Gasteiger partial charge in [-0.25, -0.2) is 5.43 Å². The Morgan fingerprint density at radius 3 is 2.48 bits per heavy atom. The molecule has 5 nitrogen and oxygen atoms in total. The molecule has 0 unspecified atom stereocenters. The molecule has 25 heavy (non-hydrogen) atoms. The lowest BCUT2D eigenvalue weighted by Crippen LogP contribution is -2.17. The minimum atomic E-state index is -0.275. The number of nitrogens with one attached hydrogen (secondary N) is 1. The van der Waals surface area contributed by atoms with E-state index >= 15 is 0 Å². The minimum absolute atomic E-state index is 0.275. The van der Waals surface area contributed by atoms with E-state index in [4.69, 9.17) is 10.5 Å². The number of nitrogens with two attached hydrogens (primary N) is 1. The van der Waals surface area contributed by atoms with Crippen LogP contribution in [0.3, 0.4) is 0 Å². The minimum Gasteiger partial charge on any atom is -0.494 e. The van der Waals surface area contributed by atoms with Crippen LogP contribution in [-0.2, 0) is 0 Å². The highest BCUT2D eigenvalue weighted by Crippen LogP contribution is 2.12. The van der Waals surface area contributed by atoms with Crippen molar-refractivity contribution in [3.05, 3.63) is 59.7 Å². The van der Waals surface area contributed by atoms with Crippen LogP contribution >= 0.6 is 0 Å². The molecule has 3 N–H and O–H groups in total. The fraction of sp³-hybridized carbons (Fsp3) is 0.300. The van der Waals surface area contributed by atoms with Gasteiger partial charge in [-0.1, -0.05) is 26.2 Å². The number of nitrogens with zero attached hydrogens (tertiary/aromatic N) is 1. The number of hydrogen-bond donors (Lipinski definition) is 2. The second kappa shape index (κ2) is 10.1. The average molecular weight is 339 g/mol. The number of anilines is 1. The number of hydrazone groups is 1. The molecule has 2 aromatic carbocycles. The zero-order valence-corrected chi connectivity index (χ0v) is 14.6. The topological polar surface area (TPSA) is 76.7 Å². The summed E-state index contributed by atoms with van der Waals surface area (Å²) in [6.45, 7) is 2.93. The highest BCUT2D eigenvalue weighted by atomic mass is 16.5. The molecule has 0 aliphatic carbocycles. The van der Waals surface area contributed by atoms with Gasteiger partial charge in [0, 0.05) is 11.3 Å². The molecule has 2 rings (SSSR count). The van der Waals surface area contributed by atoms with Crippen LogP contribution in [0.2, 0.25) is 0 Å². The second-order valence-corrected chi connectivity index (χ2v) is 5.80. The molecule has 0 aliphatic rings. The molecule has 132 valence electrons. The van der Waals surface area contributed by atoms with Gasteiger partial charge < -0.3 is 10.5 Å². The van der Waals surface area contributed by atoms with Gasteiger partial charge in [-0.05, 0) is 60.5 Å². The van der Waals surface area contributed by atoms with Crippen molar-refractivity contribution in [3.63, 3.8) is 0 Å². The van der Waals surface area contributed by atoms with Crippen molar-refractivity contribution in [2.24, 2.45) is 5.10 Å². The fourth-order valence-electron chi connectivity index (χ4n) is 2.23. The van der Waals surface area contributed by atoms with E-state index in [1.54, 1.807) is 30.5 Å². The molecule has 0 aromatic heterocycles. The number of rotatable bonds is 9. The van der Waals surface area contributed by atoms with Gasteiger partial charge in [-0.3, -0.25) is 4.79 Å². The highest BCUT2D eigenvalue weighted by molar-refractivity contribution is 5.95. The Bertz CT molecular complexity index is 679. The van der Waals surface area contributed by atoms with Crippen LogP contribution in [0.25, 0.3) is 0 Å². The number of ether oxygens (including phenoxy) is 1. The van der Waals surface area contributed by atoms with Gasteiger partial charge >= 0.3 is 0 Å². The third-order valence-corrected chi connectivity index (χ3v) is 3.70. The first kappa shape index (κ1) is 18.5. The Morgan fingerprint density at radius 2 is 1.80 bits per heavy atom. The van der Waals surface area contributed by atoms with Crippen molar-refractivity contribution in [1.82, 2.24) is 5.43 Å². The van der Waals surface area contributed by atoms with Gasteiger partial charge in [0.1, 0.15) is 5.75 Å². The molecule has 5 heteroatoms. The van der Waals surface area contributed by atoms with Crippen LogP contribution in [0.15, 0.2) is 53.6 Å². The van der Waals surface area contributed by atoms with E-state index in [0.29, 0.717) is 11.3 Å². The number of nitrogen functional groups attached to an aromatic ring is 1. The third kappa shape index (κ3) is 6.67. The number of amides is 1. The Hall–Kier alpha value is -2.82. The van der Waals surface area contributed by atoms with E-state index in [9.17, 15) is 4.79 Å². The quantitative estimate of drug-likeness (QED) is 0.314. The summed E-state index contributed by atoms with van der Waals surface area (Å²) in [6, 6.07) is 14.3. The summed E-state index contributed by atoms with van der Waals surface area (Å²) in [5, 5.41) is 3.97. The molecule has 0 saturated heterocycles. The second-order valence-electron chi connectivity index (χ2n) is 5.80. The first-order valence-electron chi connectivity index (χ1n) is 8.61. The smallest absolute Gasteiger partial charge is 0.271 e. The van der Waals surface area contributed by atoms with Crippen molar-refractivity contribution in [2.45, 2.75) is 32.6 Å². The Labute approximate surface area is 148 Å². The van der Waals surface area contributed by atoms with Crippen molar-refractivity contribution < 1.29 is 9.53 Å². The van der Waals surface area contributed by atoms with E-state index in [1.165, 1.54) is 19.3 Å². The molecular formula is C20H25N3O2. The maximum atomic E-state index is 11.9. The lowest BCUT2D eigenvalue weighted by atomic mass is 10.2. The average Bonchev–Trinajstić information content (AvgIpc) is 2.63. The zero-order chi connectivity index (χ0) is 17.9. The van der Waals surface area contributed by atoms with E-state index < -0.39 is 0 Å². The predicted molar refractivity (Wildman–Crippen MR) is 102 cm³/mol. The Morgan fingerprint density at radius 1 is 1.08 bits per heavy atom. The van der Waals surface area contributed by atoms with Gasteiger partial charge in [0.15, 0.2) is 0 Å². The normalized spacial score (nSPS) is 10.8. The largest absolute Gasteiger partial charge is 0.494 e. The molecule has 0 spiro atoms. The van der Waals surface area contributed by atoms with E-state index in [1.807, 2.05) is 24.3 Å². The van der Waals surface area contributed by atoms with Crippen LogP contribution in [0.4, 0.5) is 5.69 Å². The molecule has 0 bridgehead atoms. The third-order valence-electron chi connectivity index (χ3n) is 3.70. The van der Waals surface area contributed by atoms with Crippen molar-refractivity contribution in [3.8, 4) is 5.75 Å². The lowest BCUT2D eigenvalue weighted by molar-refractivity contribution is 0.0955. The van der Waals surface area contributed by atoms with Crippen molar-refractivity contribution >= 4 is 17.8 Å². The summed E-state index contributed by atoms with van der Waals surface area (Å²) >= 11 is 0. The van der Waals surface area contributed by atoms with Gasteiger partial charge in [-0.15, -0.1) is 0 Å². The fourth-order valence-corrected chi connectivity index (χ4v) is 2.23. The molecule has 0 aliphatic heterocycles. The van der Waals surface area contributed by atoms with Crippen molar-refractivity contribution in [1.29, 1.82) is 0 Å². The maximum absolute atomic E-state index is 11.9. The summed E-state index contributed by atoms with van der Waals surface area (Å²) in [7, 11) is 0. The van der Waals surface area contributed by atoms with Crippen LogP contribution in [0.5, 0.6) is 5.75 Å². The summed E-state index contributed by atoms with van der Waals surface area (Å²) in [5.41, 5.74) is 10.1. The Kier molecular flexibility index (Phi) is 7.50. The summed E-state index contributed by atoms with van der Waals surface area (Å²) in [5.74, 6) is 0.572. The SMILES string of the molecule is CCCCCCOc1ccc(/C=N\NC(=O)c2ccc(N)cc2)cc1. The standard InChI is InChI=1S/C20H25N3O2/c1-2-3-4-5-14-25-19-12-6-16(7-13-19)15-22-23-20(24)17-8-10-18(21)11-9-17/h6-13,15H,2-5,14,21H2,1H3,(H,23,24)/b22-15-. The first-order chi connectivity index (χ1) is 12.2. The van der Waals surface area contributed by atoms with Gasteiger partial charge in [0.05, 0.1) is 12.8 Å².